The van der Waals surface area contributed by atoms with Crippen LogP contribution in [0.25, 0.3) is 11.1 Å². The molecule has 0 amide bonds. The zero-order chi connectivity index (χ0) is 13.6. The van der Waals surface area contributed by atoms with Gasteiger partial charge in [0.2, 0.25) is 0 Å². The molecule has 1 aliphatic carbocycles. The first-order valence-electron chi connectivity index (χ1n) is 8.07. The van der Waals surface area contributed by atoms with Crippen molar-refractivity contribution in [2.24, 2.45) is 5.92 Å². The summed E-state index contributed by atoms with van der Waals surface area (Å²) < 4.78 is 0. The predicted octanol–water partition coefficient (Wildman–Crippen LogP) is 5.87. The molecule has 0 N–H and O–H groups in total. The minimum atomic E-state index is 0.965. The third-order valence-electron chi connectivity index (χ3n) is 4.65. The SMILES string of the molecule is c1ccc(-c2ccccc2CCC2CCCCC2)cc1. The van der Waals surface area contributed by atoms with E-state index in [0.717, 1.165) is 5.92 Å². The van der Waals surface area contributed by atoms with Gasteiger partial charge >= 0.3 is 0 Å². The Hall–Kier alpha value is -1.56. The van der Waals surface area contributed by atoms with Gasteiger partial charge in [0.1, 0.15) is 0 Å². The molecule has 2 aromatic rings. The van der Waals surface area contributed by atoms with E-state index < -0.39 is 0 Å². The van der Waals surface area contributed by atoms with Gasteiger partial charge in [-0.3, -0.25) is 0 Å². The number of hydrogen-bond donors (Lipinski definition) is 0. The fourth-order valence-electron chi connectivity index (χ4n) is 3.47. The fourth-order valence-corrected chi connectivity index (χ4v) is 3.47. The smallest absolute Gasteiger partial charge is 0.0152 e. The van der Waals surface area contributed by atoms with E-state index >= 15 is 0 Å². The van der Waals surface area contributed by atoms with E-state index in [9.17, 15) is 0 Å². The van der Waals surface area contributed by atoms with Crippen molar-refractivity contribution in [2.75, 3.05) is 0 Å². The molecule has 1 saturated carbocycles. The third-order valence-corrected chi connectivity index (χ3v) is 4.65. The van der Waals surface area contributed by atoms with Gasteiger partial charge in [0.05, 0.1) is 0 Å². The molecular formula is C20H24. The fraction of sp³-hybridized carbons (Fsp3) is 0.400. The van der Waals surface area contributed by atoms with E-state index in [1.54, 1.807) is 0 Å². The van der Waals surface area contributed by atoms with Crippen molar-refractivity contribution in [1.29, 1.82) is 0 Å². The number of hydrogen-bond acceptors (Lipinski definition) is 0. The maximum atomic E-state index is 2.31. The van der Waals surface area contributed by atoms with Crippen LogP contribution in [0.15, 0.2) is 54.6 Å². The van der Waals surface area contributed by atoms with Crippen LogP contribution in [0.2, 0.25) is 0 Å². The van der Waals surface area contributed by atoms with Crippen molar-refractivity contribution >= 4 is 0 Å². The lowest BCUT2D eigenvalue weighted by molar-refractivity contribution is 0.339. The van der Waals surface area contributed by atoms with Crippen LogP contribution in [-0.4, -0.2) is 0 Å². The lowest BCUT2D eigenvalue weighted by atomic mass is 9.84. The first-order chi connectivity index (χ1) is 9.93. The Kier molecular flexibility index (Phi) is 4.53. The quantitative estimate of drug-likeness (QED) is 0.648. The molecule has 0 atom stereocenters. The van der Waals surface area contributed by atoms with Crippen molar-refractivity contribution in [1.82, 2.24) is 0 Å². The molecule has 3 rings (SSSR count). The molecule has 0 spiro atoms. The zero-order valence-electron chi connectivity index (χ0n) is 12.2. The van der Waals surface area contributed by atoms with Crippen molar-refractivity contribution in [3.05, 3.63) is 60.2 Å². The molecule has 0 radical (unpaired) electrons. The summed E-state index contributed by atoms with van der Waals surface area (Å²) in [5.74, 6) is 0.965. The van der Waals surface area contributed by atoms with Gasteiger partial charge < -0.3 is 0 Å². The van der Waals surface area contributed by atoms with Gasteiger partial charge in [0, 0.05) is 0 Å². The Morgan fingerprint density at radius 1 is 0.750 bits per heavy atom. The number of rotatable bonds is 4. The van der Waals surface area contributed by atoms with Gasteiger partial charge in [-0.05, 0) is 35.4 Å². The molecule has 0 bridgehead atoms. The molecule has 0 saturated heterocycles. The van der Waals surface area contributed by atoms with Gasteiger partial charge in [-0.15, -0.1) is 0 Å². The summed E-state index contributed by atoms with van der Waals surface area (Å²) in [6, 6.07) is 19.7. The second-order valence-corrected chi connectivity index (χ2v) is 6.07. The largest absolute Gasteiger partial charge is 0.0622 e. The summed E-state index contributed by atoms with van der Waals surface area (Å²) in [5, 5.41) is 0. The highest BCUT2D eigenvalue weighted by molar-refractivity contribution is 5.67. The maximum Gasteiger partial charge on any atom is -0.0152 e. The Labute approximate surface area is 122 Å². The summed E-state index contributed by atoms with van der Waals surface area (Å²) in [5.41, 5.74) is 4.29. The normalized spacial score (nSPS) is 16.2. The van der Waals surface area contributed by atoms with Gasteiger partial charge in [-0.2, -0.15) is 0 Å². The molecular weight excluding hydrogens is 240 g/mol. The summed E-state index contributed by atoms with van der Waals surface area (Å²) in [6.07, 6.45) is 9.85. The minimum Gasteiger partial charge on any atom is -0.0622 e. The standard InChI is InChI=1S/C20H24/c1-3-9-17(10-4-1)15-16-19-13-7-8-14-20(19)18-11-5-2-6-12-18/h2,5-8,11-14,17H,1,3-4,9-10,15-16H2. The summed E-state index contributed by atoms with van der Waals surface area (Å²) in [7, 11) is 0. The Bertz CT molecular complexity index is 521. The molecule has 1 fully saturated rings. The van der Waals surface area contributed by atoms with Gasteiger partial charge in [-0.1, -0.05) is 86.7 Å². The monoisotopic (exact) mass is 264 g/mol. The minimum absolute atomic E-state index is 0.965. The topological polar surface area (TPSA) is 0 Å². The van der Waals surface area contributed by atoms with Crippen LogP contribution in [0.1, 0.15) is 44.1 Å². The molecule has 0 aromatic heterocycles. The van der Waals surface area contributed by atoms with Crippen LogP contribution in [-0.2, 0) is 6.42 Å². The van der Waals surface area contributed by atoms with Crippen LogP contribution in [0, 0.1) is 5.92 Å². The summed E-state index contributed by atoms with van der Waals surface area (Å²) in [4.78, 5) is 0. The van der Waals surface area contributed by atoms with Crippen LogP contribution >= 0.6 is 0 Å². The van der Waals surface area contributed by atoms with Crippen LogP contribution < -0.4 is 0 Å². The molecule has 0 heterocycles. The Balaban J connectivity index is 1.73. The van der Waals surface area contributed by atoms with Crippen molar-refractivity contribution in [2.45, 2.75) is 44.9 Å². The second-order valence-electron chi connectivity index (χ2n) is 6.07. The van der Waals surface area contributed by atoms with E-state index in [1.807, 2.05) is 0 Å². The average molecular weight is 264 g/mol. The van der Waals surface area contributed by atoms with Crippen LogP contribution in [0.4, 0.5) is 0 Å². The molecule has 0 aliphatic heterocycles. The number of aryl methyl sites for hydroxylation is 1. The molecule has 2 aromatic carbocycles. The van der Waals surface area contributed by atoms with Gasteiger partial charge in [-0.25, -0.2) is 0 Å². The average Bonchev–Trinajstić information content (AvgIpc) is 2.55. The van der Waals surface area contributed by atoms with Gasteiger partial charge in [0.15, 0.2) is 0 Å². The van der Waals surface area contributed by atoms with E-state index in [-0.39, 0.29) is 0 Å². The molecule has 20 heavy (non-hydrogen) atoms. The van der Waals surface area contributed by atoms with E-state index in [2.05, 4.69) is 54.6 Å². The Morgan fingerprint density at radius 2 is 1.45 bits per heavy atom. The van der Waals surface area contributed by atoms with Crippen molar-refractivity contribution < 1.29 is 0 Å². The van der Waals surface area contributed by atoms with Crippen molar-refractivity contribution in [3.8, 4) is 11.1 Å². The highest BCUT2D eigenvalue weighted by atomic mass is 14.2. The van der Waals surface area contributed by atoms with Crippen LogP contribution in [0.5, 0.6) is 0 Å². The second kappa shape index (κ2) is 6.74. The summed E-state index contributed by atoms with van der Waals surface area (Å²) >= 11 is 0. The lowest BCUT2D eigenvalue weighted by Gasteiger charge is -2.22. The van der Waals surface area contributed by atoms with Crippen molar-refractivity contribution in [3.63, 3.8) is 0 Å². The highest BCUT2D eigenvalue weighted by Gasteiger charge is 2.14. The first-order valence-corrected chi connectivity index (χ1v) is 8.07. The molecule has 1 aliphatic rings. The lowest BCUT2D eigenvalue weighted by Crippen LogP contribution is -2.07. The zero-order valence-corrected chi connectivity index (χ0v) is 12.2. The van der Waals surface area contributed by atoms with Gasteiger partial charge in [0.25, 0.3) is 0 Å². The first kappa shape index (κ1) is 13.4. The van der Waals surface area contributed by atoms with Crippen LogP contribution in [0.3, 0.4) is 0 Å². The van der Waals surface area contributed by atoms with E-state index in [0.29, 0.717) is 0 Å². The highest BCUT2D eigenvalue weighted by Crippen LogP contribution is 2.30. The van der Waals surface area contributed by atoms with E-state index in [1.165, 1.54) is 61.6 Å². The predicted molar refractivity (Wildman–Crippen MR) is 86.8 cm³/mol. The maximum absolute atomic E-state index is 2.31. The number of benzene rings is 2. The third kappa shape index (κ3) is 3.30. The van der Waals surface area contributed by atoms with E-state index in [4.69, 9.17) is 0 Å². The molecule has 104 valence electrons. The molecule has 0 heteroatoms. The molecule has 0 nitrogen and oxygen atoms in total. The summed E-state index contributed by atoms with van der Waals surface area (Å²) in [6.45, 7) is 0. The Morgan fingerprint density at radius 3 is 2.25 bits per heavy atom. The molecule has 0 unspecified atom stereocenters.